The van der Waals surface area contributed by atoms with Gasteiger partial charge in [-0.15, -0.1) is 0 Å². The summed E-state index contributed by atoms with van der Waals surface area (Å²) in [6.07, 6.45) is 9.90. The molecule has 0 fully saturated rings. The standard InChI is InChI=1S/C22H26Br4O2/c1-2-3-4-5-6-7-8-9-16(14-10-17(23)21(27)18(24)11-14)15-12-19(25)22(28)20(26)13-15/h10-13,16,27-28H,2-9H2,1H3. The number of halogens is 4. The highest BCUT2D eigenvalue weighted by Crippen LogP contribution is 2.42. The summed E-state index contributed by atoms with van der Waals surface area (Å²) in [5.41, 5.74) is 2.26. The Bertz CT molecular complexity index is 689. The molecule has 0 aliphatic heterocycles. The maximum absolute atomic E-state index is 10.1. The molecule has 0 amide bonds. The van der Waals surface area contributed by atoms with Crippen LogP contribution in [0.2, 0.25) is 0 Å². The lowest BCUT2D eigenvalue weighted by Gasteiger charge is -2.20. The van der Waals surface area contributed by atoms with Gasteiger partial charge in [-0.05, 0) is 106 Å². The van der Waals surface area contributed by atoms with E-state index in [-0.39, 0.29) is 17.4 Å². The predicted molar refractivity (Wildman–Crippen MR) is 131 cm³/mol. The third-order valence-corrected chi connectivity index (χ3v) is 7.40. The lowest BCUT2D eigenvalue weighted by atomic mass is 9.86. The Hall–Kier alpha value is -0.0400. The average Bonchev–Trinajstić information content (AvgIpc) is 2.65. The second kappa shape index (κ2) is 12.0. The Labute approximate surface area is 201 Å². The fourth-order valence-corrected chi connectivity index (χ4v) is 5.85. The van der Waals surface area contributed by atoms with E-state index in [1.165, 1.54) is 38.5 Å². The van der Waals surface area contributed by atoms with E-state index in [0.29, 0.717) is 17.9 Å². The van der Waals surface area contributed by atoms with Gasteiger partial charge in [-0.3, -0.25) is 0 Å². The fraction of sp³-hybridized carbons (Fsp3) is 0.455. The molecule has 0 spiro atoms. The minimum atomic E-state index is 0.178. The van der Waals surface area contributed by atoms with Gasteiger partial charge in [0.2, 0.25) is 0 Å². The number of unbranched alkanes of at least 4 members (excludes halogenated alkanes) is 6. The average molecular weight is 642 g/mol. The molecular formula is C22H26Br4O2. The maximum atomic E-state index is 10.1. The molecule has 28 heavy (non-hydrogen) atoms. The molecule has 0 saturated heterocycles. The molecule has 0 aromatic heterocycles. The van der Waals surface area contributed by atoms with E-state index in [1.54, 1.807) is 0 Å². The van der Waals surface area contributed by atoms with Crippen LogP contribution in [0.25, 0.3) is 0 Å². The molecule has 2 N–H and O–H groups in total. The van der Waals surface area contributed by atoms with Gasteiger partial charge < -0.3 is 10.2 Å². The van der Waals surface area contributed by atoms with E-state index in [1.807, 2.05) is 24.3 Å². The van der Waals surface area contributed by atoms with Crippen LogP contribution in [0.15, 0.2) is 42.2 Å². The Morgan fingerprint density at radius 1 is 0.643 bits per heavy atom. The number of hydrogen-bond donors (Lipinski definition) is 2. The molecule has 0 aliphatic carbocycles. The van der Waals surface area contributed by atoms with Crippen molar-refractivity contribution in [1.82, 2.24) is 0 Å². The van der Waals surface area contributed by atoms with Gasteiger partial charge in [-0.1, -0.05) is 51.9 Å². The molecule has 6 heteroatoms. The van der Waals surface area contributed by atoms with Crippen molar-refractivity contribution in [3.63, 3.8) is 0 Å². The normalized spacial score (nSPS) is 11.4. The first-order valence-electron chi connectivity index (χ1n) is 9.71. The summed E-state index contributed by atoms with van der Waals surface area (Å²) >= 11 is 13.8. The minimum absolute atomic E-state index is 0.178. The first kappa shape index (κ1) is 24.2. The number of phenols is 2. The maximum Gasteiger partial charge on any atom is 0.143 e. The first-order chi connectivity index (χ1) is 13.3. The van der Waals surface area contributed by atoms with E-state index in [0.717, 1.165) is 24.0 Å². The first-order valence-corrected chi connectivity index (χ1v) is 12.9. The number of rotatable bonds is 10. The zero-order chi connectivity index (χ0) is 20.7. The van der Waals surface area contributed by atoms with E-state index >= 15 is 0 Å². The monoisotopic (exact) mass is 638 g/mol. The zero-order valence-corrected chi connectivity index (χ0v) is 22.3. The highest BCUT2D eigenvalue weighted by molar-refractivity contribution is 9.11. The summed E-state index contributed by atoms with van der Waals surface area (Å²) in [6, 6.07) is 7.95. The van der Waals surface area contributed by atoms with E-state index < -0.39 is 0 Å². The second-order valence-corrected chi connectivity index (χ2v) is 10.5. The van der Waals surface area contributed by atoms with Crippen molar-refractivity contribution in [2.45, 2.75) is 64.2 Å². The number of hydrogen-bond acceptors (Lipinski definition) is 2. The van der Waals surface area contributed by atoms with Crippen LogP contribution in [0.4, 0.5) is 0 Å². The SMILES string of the molecule is CCCCCCCCCC(c1cc(Br)c(O)c(Br)c1)c1cc(Br)c(O)c(Br)c1. The minimum Gasteiger partial charge on any atom is -0.506 e. The molecule has 0 bridgehead atoms. The molecule has 2 nitrogen and oxygen atoms in total. The quantitative estimate of drug-likeness (QED) is 0.254. The Morgan fingerprint density at radius 2 is 1.00 bits per heavy atom. The Kier molecular flexibility index (Phi) is 10.4. The molecule has 0 atom stereocenters. The zero-order valence-electron chi connectivity index (χ0n) is 15.9. The van der Waals surface area contributed by atoms with Gasteiger partial charge in [-0.2, -0.15) is 0 Å². The third kappa shape index (κ3) is 6.75. The lowest BCUT2D eigenvalue weighted by Crippen LogP contribution is -2.03. The van der Waals surface area contributed by atoms with Gasteiger partial charge in [0, 0.05) is 5.92 Å². The van der Waals surface area contributed by atoms with E-state index in [2.05, 4.69) is 70.6 Å². The predicted octanol–water partition coefficient (Wildman–Crippen LogP) is 9.42. The molecular weight excluding hydrogens is 616 g/mol. The molecule has 2 aromatic rings. The van der Waals surface area contributed by atoms with Crippen LogP contribution in [0.1, 0.15) is 75.3 Å². The van der Waals surface area contributed by atoms with Crippen LogP contribution in [-0.2, 0) is 0 Å². The van der Waals surface area contributed by atoms with Crippen molar-refractivity contribution < 1.29 is 10.2 Å². The molecule has 2 rings (SSSR count). The molecule has 0 heterocycles. The highest BCUT2D eigenvalue weighted by atomic mass is 79.9. The molecule has 154 valence electrons. The largest absolute Gasteiger partial charge is 0.506 e. The van der Waals surface area contributed by atoms with Crippen LogP contribution in [0.5, 0.6) is 11.5 Å². The molecule has 0 radical (unpaired) electrons. The van der Waals surface area contributed by atoms with Crippen molar-refractivity contribution in [1.29, 1.82) is 0 Å². The fourth-order valence-electron chi connectivity index (χ4n) is 3.40. The summed E-state index contributed by atoms with van der Waals surface area (Å²) < 4.78 is 2.72. The summed E-state index contributed by atoms with van der Waals surface area (Å²) in [5, 5.41) is 20.2. The van der Waals surface area contributed by atoms with Crippen LogP contribution >= 0.6 is 63.7 Å². The summed E-state index contributed by atoms with van der Waals surface area (Å²) in [6.45, 7) is 2.24. The van der Waals surface area contributed by atoms with E-state index in [4.69, 9.17) is 0 Å². The van der Waals surface area contributed by atoms with Crippen molar-refractivity contribution in [2.75, 3.05) is 0 Å². The Morgan fingerprint density at radius 3 is 1.39 bits per heavy atom. The van der Waals surface area contributed by atoms with Crippen LogP contribution < -0.4 is 0 Å². The summed E-state index contributed by atoms with van der Waals surface area (Å²) in [5.74, 6) is 0.607. The van der Waals surface area contributed by atoms with Gasteiger partial charge in [0.25, 0.3) is 0 Å². The van der Waals surface area contributed by atoms with Crippen molar-refractivity contribution in [2.24, 2.45) is 0 Å². The molecule has 0 aliphatic rings. The molecule has 2 aromatic carbocycles. The van der Waals surface area contributed by atoms with Crippen molar-refractivity contribution in [3.8, 4) is 11.5 Å². The Balaban J connectivity index is 2.22. The number of benzene rings is 2. The van der Waals surface area contributed by atoms with Gasteiger partial charge in [0.1, 0.15) is 11.5 Å². The van der Waals surface area contributed by atoms with Gasteiger partial charge in [0.05, 0.1) is 17.9 Å². The number of aromatic hydroxyl groups is 2. The van der Waals surface area contributed by atoms with E-state index in [9.17, 15) is 10.2 Å². The van der Waals surface area contributed by atoms with Crippen LogP contribution in [0, 0.1) is 0 Å². The lowest BCUT2D eigenvalue weighted by molar-refractivity contribution is 0.467. The van der Waals surface area contributed by atoms with Crippen LogP contribution in [0.3, 0.4) is 0 Å². The summed E-state index contributed by atoms with van der Waals surface area (Å²) in [4.78, 5) is 0. The van der Waals surface area contributed by atoms with Gasteiger partial charge >= 0.3 is 0 Å². The topological polar surface area (TPSA) is 40.5 Å². The highest BCUT2D eigenvalue weighted by Gasteiger charge is 2.19. The molecule has 0 saturated carbocycles. The van der Waals surface area contributed by atoms with Gasteiger partial charge in [0.15, 0.2) is 0 Å². The van der Waals surface area contributed by atoms with Crippen molar-refractivity contribution >= 4 is 63.7 Å². The van der Waals surface area contributed by atoms with Crippen LogP contribution in [-0.4, -0.2) is 10.2 Å². The van der Waals surface area contributed by atoms with Gasteiger partial charge in [-0.25, -0.2) is 0 Å². The summed E-state index contributed by atoms with van der Waals surface area (Å²) in [7, 11) is 0. The van der Waals surface area contributed by atoms with Crippen molar-refractivity contribution in [3.05, 3.63) is 53.3 Å². The molecule has 0 unspecified atom stereocenters. The third-order valence-electron chi connectivity index (χ3n) is 4.98. The second-order valence-electron chi connectivity index (χ2n) is 7.13. The number of phenolic OH excluding ortho intramolecular Hbond substituents is 2. The smallest absolute Gasteiger partial charge is 0.143 e.